The molecule has 2 aliphatic heterocycles. The Morgan fingerprint density at radius 2 is 1.52 bits per heavy atom. The predicted octanol–water partition coefficient (Wildman–Crippen LogP) is 1.51. The highest BCUT2D eigenvalue weighted by atomic mass is 32.2. The molecule has 0 aliphatic carbocycles. The average molecular weight is 645 g/mol. The number of rotatable bonds is 11. The summed E-state index contributed by atoms with van der Waals surface area (Å²) >= 11 is 0. The first kappa shape index (κ1) is 36.2. The third-order valence-corrected chi connectivity index (χ3v) is 9.17. The normalized spacial score (nSPS) is 21.7. The molecule has 1 N–H and O–H groups in total. The summed E-state index contributed by atoms with van der Waals surface area (Å²) < 4.78 is 67.1. The molecule has 0 unspecified atom stereocenters. The van der Waals surface area contributed by atoms with Crippen LogP contribution in [0.15, 0.2) is 41.0 Å². The standard InChI is InChI=1S/C30H48N2O11S/c1-24(2)25-22-28(30(34)31-9-13-38-16-18-40-20-21-41-19-17-39-14-10-31)43-29(23-25)42-15-11-32(8-12-33)44(35,36)27-6-4-26(37-3)5-7-27/h4-7,22,24-25,29,33H,8-21,23H2,1-3H3/t25-,29+/m0/s1. The van der Waals surface area contributed by atoms with E-state index in [0.717, 1.165) is 4.31 Å². The molecule has 44 heavy (non-hydrogen) atoms. The molecule has 1 amide bonds. The molecule has 3 rings (SSSR count). The molecular formula is C30H48N2O11S. The second-order valence-corrected chi connectivity index (χ2v) is 12.6. The number of nitrogens with zero attached hydrogens (tertiary/aromatic N) is 2. The van der Waals surface area contributed by atoms with Crippen LogP contribution in [0.2, 0.25) is 0 Å². The summed E-state index contributed by atoms with van der Waals surface area (Å²) in [7, 11) is -2.39. The maximum atomic E-state index is 13.7. The van der Waals surface area contributed by atoms with E-state index < -0.39 is 16.3 Å². The van der Waals surface area contributed by atoms with Crippen LogP contribution in [0.5, 0.6) is 5.75 Å². The van der Waals surface area contributed by atoms with Crippen molar-refractivity contribution >= 4 is 15.9 Å². The molecule has 0 aromatic heterocycles. The molecule has 0 radical (unpaired) electrons. The first-order chi connectivity index (χ1) is 21.3. The number of allylic oxidation sites excluding steroid dienone is 1. The van der Waals surface area contributed by atoms with Crippen LogP contribution in [0.25, 0.3) is 0 Å². The highest BCUT2D eigenvalue weighted by Gasteiger charge is 2.32. The first-order valence-electron chi connectivity index (χ1n) is 15.1. The summed E-state index contributed by atoms with van der Waals surface area (Å²) in [6.45, 7) is 7.67. The zero-order valence-corrected chi connectivity index (χ0v) is 26.9. The van der Waals surface area contributed by atoms with Gasteiger partial charge in [0.05, 0.1) is 78.1 Å². The van der Waals surface area contributed by atoms with Crippen LogP contribution in [0, 0.1) is 11.8 Å². The largest absolute Gasteiger partial charge is 0.497 e. The van der Waals surface area contributed by atoms with Crippen molar-refractivity contribution in [3.8, 4) is 5.75 Å². The molecule has 1 aromatic rings. The Kier molecular flexibility index (Phi) is 15.8. The lowest BCUT2D eigenvalue weighted by Gasteiger charge is -2.33. The summed E-state index contributed by atoms with van der Waals surface area (Å²) in [5.74, 6) is 0.643. The Balaban J connectivity index is 1.63. The molecule has 250 valence electrons. The molecule has 2 aliphatic rings. The third kappa shape index (κ3) is 11.6. The molecule has 0 spiro atoms. The Bertz CT molecular complexity index is 1100. The third-order valence-electron chi connectivity index (χ3n) is 7.26. The maximum Gasteiger partial charge on any atom is 0.288 e. The van der Waals surface area contributed by atoms with Crippen LogP contribution >= 0.6 is 0 Å². The fourth-order valence-corrected chi connectivity index (χ4v) is 6.05. The van der Waals surface area contributed by atoms with E-state index in [1.54, 1.807) is 17.0 Å². The van der Waals surface area contributed by atoms with Gasteiger partial charge in [0.2, 0.25) is 16.3 Å². The minimum Gasteiger partial charge on any atom is -0.497 e. The monoisotopic (exact) mass is 644 g/mol. The van der Waals surface area contributed by atoms with Gasteiger partial charge in [-0.05, 0) is 42.2 Å². The van der Waals surface area contributed by atoms with E-state index in [1.165, 1.54) is 19.2 Å². The predicted molar refractivity (Wildman–Crippen MR) is 161 cm³/mol. The van der Waals surface area contributed by atoms with Crippen LogP contribution in [0.3, 0.4) is 0 Å². The van der Waals surface area contributed by atoms with Gasteiger partial charge in [-0.2, -0.15) is 4.31 Å². The topological polar surface area (TPSA) is 143 Å². The Morgan fingerprint density at radius 1 is 0.955 bits per heavy atom. The first-order valence-corrected chi connectivity index (χ1v) is 16.6. The van der Waals surface area contributed by atoms with E-state index in [9.17, 15) is 18.3 Å². The van der Waals surface area contributed by atoms with Crippen molar-refractivity contribution in [2.75, 3.05) is 99.4 Å². The van der Waals surface area contributed by atoms with Crippen molar-refractivity contribution < 1.29 is 51.5 Å². The molecule has 0 bridgehead atoms. The second-order valence-electron chi connectivity index (χ2n) is 10.6. The zero-order valence-electron chi connectivity index (χ0n) is 26.1. The number of benzene rings is 1. The SMILES string of the molecule is COc1ccc(S(=O)(=O)N(CCO)CCO[C@H]2C[C@@H](C(C)C)C=C(C(=O)N3CCOCCOCCOCCOCC3)O2)cc1. The summed E-state index contributed by atoms with van der Waals surface area (Å²) in [5.41, 5.74) is 0. The van der Waals surface area contributed by atoms with Gasteiger partial charge in [-0.25, -0.2) is 8.42 Å². The van der Waals surface area contributed by atoms with Crippen LogP contribution in [-0.2, 0) is 43.2 Å². The second kappa shape index (κ2) is 19.3. The highest BCUT2D eigenvalue weighted by Crippen LogP contribution is 2.29. The van der Waals surface area contributed by atoms with E-state index in [0.29, 0.717) is 78.1 Å². The Hall–Kier alpha value is -2.30. The van der Waals surface area contributed by atoms with Gasteiger partial charge in [-0.1, -0.05) is 13.8 Å². The van der Waals surface area contributed by atoms with Crippen molar-refractivity contribution in [3.05, 3.63) is 36.1 Å². The Labute approximate surface area is 261 Å². The molecule has 2 heterocycles. The fraction of sp³-hybridized carbons (Fsp3) is 0.700. The lowest BCUT2D eigenvalue weighted by atomic mass is 9.90. The average Bonchev–Trinajstić information content (AvgIpc) is 3.03. The number of sulfonamides is 1. The maximum absolute atomic E-state index is 13.7. The molecule has 0 saturated carbocycles. The Morgan fingerprint density at radius 3 is 2.05 bits per heavy atom. The van der Waals surface area contributed by atoms with Gasteiger partial charge >= 0.3 is 0 Å². The molecule has 1 aromatic carbocycles. The smallest absolute Gasteiger partial charge is 0.288 e. The van der Waals surface area contributed by atoms with Gasteiger partial charge in [0.1, 0.15) is 5.75 Å². The highest BCUT2D eigenvalue weighted by molar-refractivity contribution is 7.89. The number of hydrogen-bond donors (Lipinski definition) is 1. The van der Waals surface area contributed by atoms with Crippen molar-refractivity contribution in [3.63, 3.8) is 0 Å². The number of methoxy groups -OCH3 is 1. The fourth-order valence-electron chi connectivity index (χ4n) is 4.63. The van der Waals surface area contributed by atoms with Gasteiger partial charge in [-0.15, -0.1) is 0 Å². The minimum absolute atomic E-state index is 0.00186. The van der Waals surface area contributed by atoms with Gasteiger partial charge in [0, 0.05) is 32.6 Å². The van der Waals surface area contributed by atoms with Gasteiger partial charge in [0.25, 0.3) is 5.91 Å². The quantitative estimate of drug-likeness (QED) is 0.375. The zero-order chi connectivity index (χ0) is 31.8. The van der Waals surface area contributed by atoms with Crippen LogP contribution in [0.4, 0.5) is 0 Å². The summed E-state index contributed by atoms with van der Waals surface area (Å²) in [4.78, 5) is 15.4. The number of hydrogen-bond acceptors (Lipinski definition) is 11. The molecule has 13 nitrogen and oxygen atoms in total. The van der Waals surface area contributed by atoms with Crippen LogP contribution in [-0.4, -0.2) is 134 Å². The van der Waals surface area contributed by atoms with E-state index in [4.69, 9.17) is 33.2 Å². The molecule has 2 atom stereocenters. The number of aliphatic hydroxyl groups is 1. The van der Waals surface area contributed by atoms with Gasteiger partial charge in [0.15, 0.2) is 5.76 Å². The van der Waals surface area contributed by atoms with Crippen LogP contribution < -0.4 is 4.74 Å². The van der Waals surface area contributed by atoms with Crippen molar-refractivity contribution in [2.24, 2.45) is 11.8 Å². The summed E-state index contributed by atoms with van der Waals surface area (Å²) in [5, 5.41) is 9.56. The molecule has 1 saturated heterocycles. The minimum atomic E-state index is -3.89. The van der Waals surface area contributed by atoms with Crippen LogP contribution in [0.1, 0.15) is 20.3 Å². The lowest BCUT2D eigenvalue weighted by molar-refractivity contribution is -0.157. The van der Waals surface area contributed by atoms with Crippen molar-refractivity contribution in [2.45, 2.75) is 31.5 Å². The van der Waals surface area contributed by atoms with Gasteiger partial charge in [-0.3, -0.25) is 4.79 Å². The molecule has 1 fully saturated rings. The van der Waals surface area contributed by atoms with Crippen molar-refractivity contribution in [1.82, 2.24) is 9.21 Å². The summed E-state index contributed by atoms with van der Waals surface area (Å²) in [6, 6.07) is 6.05. The number of aliphatic hydroxyl groups excluding tert-OH is 1. The summed E-state index contributed by atoms with van der Waals surface area (Å²) in [6.07, 6.45) is 1.60. The number of carbonyl (C=O) groups excluding carboxylic acids is 1. The number of carbonyl (C=O) groups is 1. The molecular weight excluding hydrogens is 596 g/mol. The number of ether oxygens (including phenoxy) is 7. The lowest BCUT2D eigenvalue weighted by Crippen LogP contribution is -2.41. The van der Waals surface area contributed by atoms with E-state index in [-0.39, 0.29) is 54.7 Å². The van der Waals surface area contributed by atoms with E-state index >= 15 is 0 Å². The van der Waals surface area contributed by atoms with E-state index in [2.05, 4.69) is 13.8 Å². The number of amides is 1. The van der Waals surface area contributed by atoms with Crippen molar-refractivity contribution in [1.29, 1.82) is 0 Å². The molecule has 14 heteroatoms. The van der Waals surface area contributed by atoms with Gasteiger partial charge < -0.3 is 43.2 Å². The van der Waals surface area contributed by atoms with E-state index in [1.807, 2.05) is 6.08 Å².